The van der Waals surface area contributed by atoms with Crippen molar-refractivity contribution in [2.75, 3.05) is 26.3 Å². The Hall–Kier alpha value is -2.81. The summed E-state index contributed by atoms with van der Waals surface area (Å²) in [5.74, 6) is 2.00. The first-order valence-corrected chi connectivity index (χ1v) is 10.4. The molecule has 8 heteroatoms. The number of rotatable bonds is 5. The van der Waals surface area contributed by atoms with Crippen LogP contribution < -0.4 is 4.74 Å². The van der Waals surface area contributed by atoms with Crippen LogP contribution in [0.15, 0.2) is 48.1 Å². The topological polar surface area (TPSA) is 65.3 Å². The van der Waals surface area contributed by atoms with Gasteiger partial charge < -0.3 is 9.47 Å². The highest BCUT2D eigenvalue weighted by molar-refractivity contribution is 7.17. The molecule has 0 spiro atoms. The maximum Gasteiger partial charge on any atom is 0.232 e. The van der Waals surface area contributed by atoms with Crippen molar-refractivity contribution >= 4 is 21.6 Å². The summed E-state index contributed by atoms with van der Waals surface area (Å²) in [6.45, 7) is 3.96. The number of aryl methyl sites for hydroxylation is 1. The first-order chi connectivity index (χ1) is 14.3. The van der Waals surface area contributed by atoms with E-state index in [-0.39, 0.29) is 0 Å². The van der Waals surface area contributed by atoms with E-state index in [2.05, 4.69) is 27.5 Å². The second-order valence-corrected chi connectivity index (χ2v) is 7.84. The summed E-state index contributed by atoms with van der Waals surface area (Å²) < 4.78 is 13.4. The Morgan fingerprint density at radius 3 is 2.72 bits per heavy atom. The van der Waals surface area contributed by atoms with Crippen LogP contribution in [0.4, 0.5) is 0 Å². The molecule has 3 aromatic heterocycles. The van der Waals surface area contributed by atoms with Crippen molar-refractivity contribution in [1.29, 1.82) is 0 Å². The Labute approximate surface area is 172 Å². The van der Waals surface area contributed by atoms with Crippen LogP contribution in [0, 0.1) is 0 Å². The van der Waals surface area contributed by atoms with E-state index < -0.39 is 0 Å². The SMILES string of the molecule is Cn1cc(Oc2nc(CN3CCOCC3)nc3scc(-c4ccccc4)c23)cn1. The van der Waals surface area contributed by atoms with Gasteiger partial charge in [-0.2, -0.15) is 10.1 Å². The lowest BCUT2D eigenvalue weighted by atomic mass is 10.1. The van der Waals surface area contributed by atoms with Gasteiger partial charge in [0.1, 0.15) is 10.7 Å². The lowest BCUT2D eigenvalue weighted by Gasteiger charge is -2.25. The second-order valence-electron chi connectivity index (χ2n) is 6.98. The minimum absolute atomic E-state index is 0.575. The molecular weight excluding hydrogens is 386 g/mol. The van der Waals surface area contributed by atoms with E-state index in [0.29, 0.717) is 18.2 Å². The van der Waals surface area contributed by atoms with Gasteiger partial charge in [0, 0.05) is 31.1 Å². The van der Waals surface area contributed by atoms with Crippen molar-refractivity contribution in [3.8, 4) is 22.8 Å². The van der Waals surface area contributed by atoms with Crippen molar-refractivity contribution in [2.45, 2.75) is 6.54 Å². The number of thiophene rings is 1. The van der Waals surface area contributed by atoms with Crippen LogP contribution in [-0.4, -0.2) is 51.0 Å². The predicted molar refractivity (Wildman–Crippen MR) is 112 cm³/mol. The lowest BCUT2D eigenvalue weighted by Crippen LogP contribution is -2.36. The fraction of sp³-hybridized carbons (Fsp3) is 0.286. The molecule has 1 saturated heterocycles. The van der Waals surface area contributed by atoms with E-state index in [9.17, 15) is 0 Å². The monoisotopic (exact) mass is 407 g/mol. The maximum atomic E-state index is 6.19. The summed E-state index contributed by atoms with van der Waals surface area (Å²) in [5.41, 5.74) is 2.21. The van der Waals surface area contributed by atoms with E-state index in [0.717, 1.165) is 53.5 Å². The molecule has 1 aliphatic heterocycles. The molecule has 0 radical (unpaired) electrons. The minimum atomic E-state index is 0.575. The molecule has 0 saturated carbocycles. The molecule has 4 heterocycles. The van der Waals surface area contributed by atoms with Crippen LogP contribution >= 0.6 is 11.3 Å². The Kier molecular flexibility index (Phi) is 4.97. The van der Waals surface area contributed by atoms with Crippen molar-refractivity contribution in [1.82, 2.24) is 24.6 Å². The molecule has 1 aliphatic rings. The number of morpholine rings is 1. The molecule has 1 aromatic carbocycles. The average molecular weight is 407 g/mol. The first kappa shape index (κ1) is 18.2. The third-order valence-electron chi connectivity index (χ3n) is 4.90. The smallest absolute Gasteiger partial charge is 0.232 e. The normalized spacial score (nSPS) is 15.1. The highest BCUT2D eigenvalue weighted by atomic mass is 32.1. The van der Waals surface area contributed by atoms with Gasteiger partial charge in [-0.05, 0) is 5.56 Å². The molecule has 148 valence electrons. The number of ether oxygens (including phenoxy) is 2. The zero-order chi connectivity index (χ0) is 19.6. The van der Waals surface area contributed by atoms with Gasteiger partial charge in [-0.1, -0.05) is 30.3 Å². The van der Waals surface area contributed by atoms with Crippen LogP contribution in [0.5, 0.6) is 11.6 Å². The fourth-order valence-electron chi connectivity index (χ4n) is 3.45. The molecule has 1 fully saturated rings. The van der Waals surface area contributed by atoms with Gasteiger partial charge in [0.05, 0.1) is 37.5 Å². The zero-order valence-corrected chi connectivity index (χ0v) is 16.9. The molecule has 0 atom stereocenters. The van der Waals surface area contributed by atoms with Crippen LogP contribution in [0.25, 0.3) is 21.3 Å². The van der Waals surface area contributed by atoms with Crippen LogP contribution in [0.3, 0.4) is 0 Å². The largest absolute Gasteiger partial charge is 0.435 e. The van der Waals surface area contributed by atoms with Crippen molar-refractivity contribution in [2.24, 2.45) is 7.05 Å². The zero-order valence-electron chi connectivity index (χ0n) is 16.1. The highest BCUT2D eigenvalue weighted by Gasteiger charge is 2.19. The van der Waals surface area contributed by atoms with E-state index in [1.54, 1.807) is 22.2 Å². The summed E-state index contributed by atoms with van der Waals surface area (Å²) in [4.78, 5) is 12.9. The summed E-state index contributed by atoms with van der Waals surface area (Å²) in [5, 5.41) is 7.27. The van der Waals surface area contributed by atoms with Gasteiger partial charge in [0.2, 0.25) is 5.88 Å². The standard InChI is InChI=1S/C21H21N5O2S/c1-25-12-16(11-22-25)28-20-19-17(15-5-3-2-4-6-15)14-29-21(19)24-18(23-20)13-26-7-9-27-10-8-26/h2-6,11-12,14H,7-10,13H2,1H3. The third-order valence-corrected chi connectivity index (χ3v) is 5.77. The molecule has 5 rings (SSSR count). The van der Waals surface area contributed by atoms with Gasteiger partial charge >= 0.3 is 0 Å². The molecule has 4 aromatic rings. The van der Waals surface area contributed by atoms with E-state index in [1.165, 1.54) is 0 Å². The Morgan fingerprint density at radius 2 is 1.97 bits per heavy atom. The summed E-state index contributed by atoms with van der Waals surface area (Å²) >= 11 is 1.62. The molecule has 0 aliphatic carbocycles. The molecule has 7 nitrogen and oxygen atoms in total. The van der Waals surface area contributed by atoms with Crippen LogP contribution in [0.2, 0.25) is 0 Å². The Bertz CT molecular complexity index is 1120. The average Bonchev–Trinajstić information content (AvgIpc) is 3.35. The van der Waals surface area contributed by atoms with Crippen molar-refractivity contribution < 1.29 is 9.47 Å². The maximum absolute atomic E-state index is 6.19. The number of hydrogen-bond acceptors (Lipinski definition) is 7. The quantitative estimate of drug-likeness (QED) is 0.502. The molecule has 29 heavy (non-hydrogen) atoms. The number of aromatic nitrogens is 4. The molecular formula is C21H21N5O2S. The van der Waals surface area contributed by atoms with Gasteiger partial charge in [-0.25, -0.2) is 4.98 Å². The lowest BCUT2D eigenvalue weighted by molar-refractivity contribution is 0.0330. The molecule has 0 unspecified atom stereocenters. The highest BCUT2D eigenvalue weighted by Crippen LogP contribution is 2.39. The fourth-order valence-corrected chi connectivity index (χ4v) is 4.41. The van der Waals surface area contributed by atoms with Crippen molar-refractivity contribution in [3.05, 3.63) is 53.9 Å². The van der Waals surface area contributed by atoms with Crippen LogP contribution in [0.1, 0.15) is 5.82 Å². The summed E-state index contributed by atoms with van der Waals surface area (Å²) in [6.07, 6.45) is 3.54. The van der Waals surface area contributed by atoms with Crippen LogP contribution in [-0.2, 0) is 18.3 Å². The summed E-state index contributed by atoms with van der Waals surface area (Å²) in [7, 11) is 1.87. The van der Waals surface area contributed by atoms with Crippen molar-refractivity contribution in [3.63, 3.8) is 0 Å². The van der Waals surface area contributed by atoms with Gasteiger partial charge in [0.25, 0.3) is 0 Å². The third kappa shape index (κ3) is 3.87. The molecule has 0 bridgehead atoms. The predicted octanol–water partition coefficient (Wildman–Crippen LogP) is 3.72. The van der Waals surface area contributed by atoms with Gasteiger partial charge in [0.15, 0.2) is 5.75 Å². The number of hydrogen-bond donors (Lipinski definition) is 0. The number of nitrogens with zero attached hydrogens (tertiary/aromatic N) is 5. The van der Waals surface area contributed by atoms with E-state index in [1.807, 2.05) is 31.4 Å². The minimum Gasteiger partial charge on any atom is -0.435 e. The molecule has 0 N–H and O–H groups in total. The Morgan fingerprint density at radius 1 is 1.14 bits per heavy atom. The molecule has 0 amide bonds. The Balaban J connectivity index is 1.58. The first-order valence-electron chi connectivity index (χ1n) is 9.56. The van der Waals surface area contributed by atoms with Gasteiger partial charge in [-0.15, -0.1) is 11.3 Å². The number of benzene rings is 1. The second kappa shape index (κ2) is 7.90. The van der Waals surface area contributed by atoms with Gasteiger partial charge in [-0.3, -0.25) is 9.58 Å². The van der Waals surface area contributed by atoms with E-state index in [4.69, 9.17) is 19.4 Å². The summed E-state index contributed by atoms with van der Waals surface area (Å²) in [6, 6.07) is 10.3. The number of fused-ring (bicyclic) bond motifs is 1. The van der Waals surface area contributed by atoms with E-state index >= 15 is 0 Å².